The normalized spacial score (nSPS) is 10.4. The average molecular weight is 300 g/mol. The largest absolute Gasteiger partial charge is 0.399 e. The number of hydrogen-bond donors (Lipinski definition) is 2. The fraction of sp³-hybridized carbons (Fsp3) is 0. The van der Waals surface area contributed by atoms with E-state index in [-0.39, 0.29) is 28.9 Å². The van der Waals surface area contributed by atoms with Gasteiger partial charge in [0.1, 0.15) is 0 Å². The summed E-state index contributed by atoms with van der Waals surface area (Å²) in [6.07, 6.45) is 0. The zero-order valence-electron chi connectivity index (χ0n) is 6.10. The molecule has 68 valence electrons. The number of nitrogens with two attached hydrogens (primary N) is 2. The molecule has 0 aliphatic carbocycles. The van der Waals surface area contributed by atoms with E-state index in [0.29, 0.717) is 5.69 Å². The summed E-state index contributed by atoms with van der Waals surface area (Å²) < 4.78 is 21.4. The Morgan fingerprint density at radius 2 is 1.50 bits per heavy atom. The topological polar surface area (TPSA) is 86.2 Å². The maximum absolute atomic E-state index is 10.7. The van der Waals surface area contributed by atoms with Gasteiger partial charge in [0, 0.05) is 5.69 Å². The van der Waals surface area contributed by atoms with E-state index in [2.05, 4.69) is 0 Å². The van der Waals surface area contributed by atoms with Crippen LogP contribution in [0.5, 0.6) is 0 Å². The van der Waals surface area contributed by atoms with E-state index in [1.807, 2.05) is 0 Å². The molecular formula is C6H9IN2O2S. The van der Waals surface area contributed by atoms with Crippen molar-refractivity contribution in [3.8, 4) is 0 Å². The monoisotopic (exact) mass is 300 g/mol. The van der Waals surface area contributed by atoms with Gasteiger partial charge in [0.25, 0.3) is 0 Å². The third-order valence-corrected chi connectivity index (χ3v) is 2.14. The molecular weight excluding hydrogens is 291 g/mol. The fourth-order valence-corrected chi connectivity index (χ4v) is 1.17. The van der Waals surface area contributed by atoms with E-state index >= 15 is 0 Å². The van der Waals surface area contributed by atoms with Crippen LogP contribution in [0.15, 0.2) is 29.2 Å². The summed E-state index contributed by atoms with van der Waals surface area (Å²) in [5, 5.41) is 4.84. The first-order valence-corrected chi connectivity index (χ1v) is 4.43. The van der Waals surface area contributed by atoms with Crippen LogP contribution in [0.4, 0.5) is 5.69 Å². The van der Waals surface area contributed by atoms with Gasteiger partial charge in [0.05, 0.1) is 4.90 Å². The van der Waals surface area contributed by atoms with Crippen molar-refractivity contribution in [1.29, 1.82) is 0 Å². The van der Waals surface area contributed by atoms with E-state index in [1.54, 1.807) is 0 Å². The summed E-state index contributed by atoms with van der Waals surface area (Å²) in [5.74, 6) is 0. The number of primary sulfonamides is 1. The van der Waals surface area contributed by atoms with Crippen molar-refractivity contribution in [2.45, 2.75) is 4.90 Å². The van der Waals surface area contributed by atoms with Crippen LogP contribution >= 0.6 is 24.0 Å². The van der Waals surface area contributed by atoms with E-state index < -0.39 is 10.0 Å². The van der Waals surface area contributed by atoms with Gasteiger partial charge >= 0.3 is 0 Å². The Balaban J connectivity index is 0.00000121. The van der Waals surface area contributed by atoms with Crippen LogP contribution in [0.3, 0.4) is 0 Å². The van der Waals surface area contributed by atoms with Gasteiger partial charge in [-0.05, 0) is 24.3 Å². The highest BCUT2D eigenvalue weighted by Gasteiger charge is 2.04. The zero-order valence-corrected chi connectivity index (χ0v) is 9.24. The van der Waals surface area contributed by atoms with Crippen molar-refractivity contribution in [1.82, 2.24) is 0 Å². The van der Waals surface area contributed by atoms with Gasteiger partial charge in [-0.2, -0.15) is 0 Å². The summed E-state index contributed by atoms with van der Waals surface area (Å²) in [4.78, 5) is 0.0756. The Kier molecular flexibility index (Phi) is 3.94. The lowest BCUT2D eigenvalue weighted by atomic mass is 10.3. The molecule has 4 nitrogen and oxygen atoms in total. The van der Waals surface area contributed by atoms with E-state index in [9.17, 15) is 8.42 Å². The molecule has 1 aromatic carbocycles. The molecule has 1 aromatic rings. The molecule has 4 N–H and O–H groups in total. The third-order valence-electron chi connectivity index (χ3n) is 1.21. The first kappa shape index (κ1) is 11.7. The Hall–Kier alpha value is -0.340. The molecule has 0 spiro atoms. The third kappa shape index (κ3) is 2.95. The first-order chi connectivity index (χ1) is 5.00. The molecule has 6 heteroatoms. The standard InChI is InChI=1S/C6H8N2O2S.HI/c7-5-1-3-6(4-2-5)11(8,9)10;/h1-4H,7H2,(H2,8,9,10);1H. The molecule has 0 saturated heterocycles. The van der Waals surface area contributed by atoms with Gasteiger partial charge in [-0.25, -0.2) is 13.6 Å². The molecule has 0 unspecified atom stereocenters. The minimum absolute atomic E-state index is 0. The Labute approximate surface area is 88.0 Å². The number of nitrogen functional groups attached to an aromatic ring is 1. The average Bonchev–Trinajstić information content (AvgIpc) is 1.86. The van der Waals surface area contributed by atoms with Gasteiger partial charge in [-0.15, -0.1) is 24.0 Å². The highest BCUT2D eigenvalue weighted by atomic mass is 127. The van der Waals surface area contributed by atoms with Gasteiger partial charge in [-0.1, -0.05) is 0 Å². The Morgan fingerprint density at radius 1 is 1.08 bits per heavy atom. The van der Waals surface area contributed by atoms with E-state index in [4.69, 9.17) is 10.9 Å². The van der Waals surface area contributed by atoms with Crippen LogP contribution in [0.2, 0.25) is 0 Å². The molecule has 0 bridgehead atoms. The van der Waals surface area contributed by atoms with Crippen LogP contribution in [-0.2, 0) is 10.0 Å². The van der Waals surface area contributed by atoms with Crippen LogP contribution in [0.1, 0.15) is 0 Å². The van der Waals surface area contributed by atoms with Gasteiger partial charge < -0.3 is 5.73 Å². The van der Waals surface area contributed by atoms with Gasteiger partial charge in [0.2, 0.25) is 10.0 Å². The number of benzene rings is 1. The number of sulfonamides is 1. The fourth-order valence-electron chi connectivity index (χ4n) is 0.658. The smallest absolute Gasteiger partial charge is 0.238 e. The Morgan fingerprint density at radius 3 is 1.83 bits per heavy atom. The number of rotatable bonds is 1. The van der Waals surface area contributed by atoms with Crippen LogP contribution < -0.4 is 10.9 Å². The molecule has 0 aliphatic heterocycles. The van der Waals surface area contributed by atoms with Crippen molar-refractivity contribution < 1.29 is 8.42 Å². The highest BCUT2D eigenvalue weighted by Crippen LogP contribution is 2.08. The summed E-state index contributed by atoms with van der Waals surface area (Å²) in [6, 6.07) is 5.70. The lowest BCUT2D eigenvalue weighted by molar-refractivity contribution is 0.598. The zero-order chi connectivity index (χ0) is 8.48. The summed E-state index contributed by atoms with van der Waals surface area (Å²) in [7, 11) is -3.58. The predicted octanol–water partition coefficient (Wildman–Crippen LogP) is 0.534. The summed E-state index contributed by atoms with van der Waals surface area (Å²) in [6.45, 7) is 0. The molecule has 0 fully saturated rings. The number of halogens is 1. The summed E-state index contributed by atoms with van der Waals surface area (Å²) >= 11 is 0. The molecule has 12 heavy (non-hydrogen) atoms. The SMILES string of the molecule is I.Nc1ccc(S(N)(=O)=O)cc1. The van der Waals surface area contributed by atoms with Crippen LogP contribution in [0, 0.1) is 0 Å². The number of hydrogen-bond acceptors (Lipinski definition) is 3. The van der Waals surface area contributed by atoms with Crippen molar-refractivity contribution >= 4 is 39.7 Å². The molecule has 0 saturated carbocycles. The molecule has 0 heterocycles. The first-order valence-electron chi connectivity index (χ1n) is 2.88. The van der Waals surface area contributed by atoms with Gasteiger partial charge in [0.15, 0.2) is 0 Å². The highest BCUT2D eigenvalue weighted by molar-refractivity contribution is 14.0. The molecule has 0 aliphatic rings. The van der Waals surface area contributed by atoms with E-state index in [1.165, 1.54) is 24.3 Å². The maximum atomic E-state index is 10.7. The van der Waals surface area contributed by atoms with Crippen molar-refractivity contribution in [3.63, 3.8) is 0 Å². The van der Waals surface area contributed by atoms with Crippen LogP contribution in [0.25, 0.3) is 0 Å². The second-order valence-corrected chi connectivity index (χ2v) is 3.68. The van der Waals surface area contributed by atoms with Crippen molar-refractivity contribution in [2.75, 3.05) is 5.73 Å². The molecule has 0 aromatic heterocycles. The van der Waals surface area contributed by atoms with E-state index in [0.717, 1.165) is 0 Å². The molecule has 0 atom stereocenters. The van der Waals surface area contributed by atoms with Gasteiger partial charge in [-0.3, -0.25) is 0 Å². The predicted molar refractivity (Wildman–Crippen MR) is 57.6 cm³/mol. The molecule has 1 rings (SSSR count). The summed E-state index contributed by atoms with van der Waals surface area (Å²) in [5.41, 5.74) is 5.85. The number of anilines is 1. The quantitative estimate of drug-likeness (QED) is 0.586. The molecule has 0 radical (unpaired) electrons. The van der Waals surface area contributed by atoms with Crippen molar-refractivity contribution in [3.05, 3.63) is 24.3 Å². The minimum Gasteiger partial charge on any atom is -0.399 e. The second kappa shape index (κ2) is 4.06. The van der Waals surface area contributed by atoms with Crippen molar-refractivity contribution in [2.24, 2.45) is 5.14 Å². The second-order valence-electron chi connectivity index (χ2n) is 2.11. The Bertz CT molecular complexity index is 346. The maximum Gasteiger partial charge on any atom is 0.238 e. The lowest BCUT2D eigenvalue weighted by Gasteiger charge is -1.96. The lowest BCUT2D eigenvalue weighted by Crippen LogP contribution is -2.11. The minimum atomic E-state index is -3.58. The molecule has 0 amide bonds. The van der Waals surface area contributed by atoms with Crippen LogP contribution in [-0.4, -0.2) is 8.42 Å².